The molecule has 0 aromatic heterocycles. The Kier molecular flexibility index (Phi) is 13.8. The normalized spacial score (nSPS) is 19.9. The van der Waals surface area contributed by atoms with Crippen LogP contribution in [0.1, 0.15) is 50.7 Å². The highest BCUT2D eigenvalue weighted by molar-refractivity contribution is 5.86. The van der Waals surface area contributed by atoms with Crippen LogP contribution in [-0.4, -0.2) is 85.2 Å². The van der Waals surface area contributed by atoms with Crippen molar-refractivity contribution < 1.29 is 14.3 Å². The van der Waals surface area contributed by atoms with Crippen LogP contribution in [0.5, 0.6) is 5.75 Å². The van der Waals surface area contributed by atoms with Gasteiger partial charge in [0.15, 0.2) is 5.96 Å². The van der Waals surface area contributed by atoms with E-state index in [2.05, 4.69) is 22.8 Å². The van der Waals surface area contributed by atoms with Gasteiger partial charge in [-0.05, 0) is 95.0 Å². The highest BCUT2D eigenvalue weighted by Gasteiger charge is 2.45. The molecule has 11 heteroatoms. The molecule has 0 saturated carbocycles. The van der Waals surface area contributed by atoms with Crippen molar-refractivity contribution in [3.8, 4) is 5.75 Å². The largest absolute Gasteiger partial charge is 0.492 e. The van der Waals surface area contributed by atoms with Crippen LogP contribution in [0.3, 0.4) is 0 Å². The molecule has 3 N–H and O–H groups in total. The number of nitrogens with zero attached hydrogens (tertiary/aromatic N) is 3. The molecule has 0 unspecified atom stereocenters. The van der Waals surface area contributed by atoms with E-state index in [0.29, 0.717) is 25.8 Å². The number of carbonyl (C=O) groups is 1. The molecule has 2 saturated heterocycles. The van der Waals surface area contributed by atoms with E-state index in [-0.39, 0.29) is 49.1 Å². The van der Waals surface area contributed by atoms with Gasteiger partial charge in [-0.15, -0.1) is 37.2 Å². The van der Waals surface area contributed by atoms with Gasteiger partial charge in [-0.3, -0.25) is 10.2 Å². The van der Waals surface area contributed by atoms with Crippen molar-refractivity contribution in [2.75, 3.05) is 52.5 Å². The van der Waals surface area contributed by atoms with Gasteiger partial charge in [0.25, 0.3) is 0 Å². The standard InChI is InChI=1S/C26H41N5O3.3ClH/c1-3-29-12-8-22(9-13-29)30-15-10-26(11-16-30,24(32)33-4-2)19-34-23-6-5-20-7-14-31(25(27)28)18-21(20)17-23;;;/h5-6,17,22H,3-4,7-16,18-19H2,1-2H3,(H3,27,28);3*1H. The first-order chi connectivity index (χ1) is 16.4. The Morgan fingerprint density at radius 3 is 2.32 bits per heavy atom. The van der Waals surface area contributed by atoms with Crippen molar-refractivity contribution in [2.45, 2.75) is 58.5 Å². The number of hydrogen-bond donors (Lipinski definition) is 2. The van der Waals surface area contributed by atoms with Crippen LogP contribution in [-0.2, 0) is 22.5 Å². The van der Waals surface area contributed by atoms with E-state index in [0.717, 1.165) is 56.8 Å². The molecule has 212 valence electrons. The van der Waals surface area contributed by atoms with Gasteiger partial charge in [-0.2, -0.15) is 0 Å². The monoisotopic (exact) mass is 579 g/mol. The van der Waals surface area contributed by atoms with Crippen LogP contribution < -0.4 is 10.5 Å². The highest BCUT2D eigenvalue weighted by atomic mass is 35.5. The molecule has 0 radical (unpaired) electrons. The lowest BCUT2D eigenvalue weighted by atomic mass is 9.78. The zero-order valence-electron chi connectivity index (χ0n) is 22.1. The molecular weight excluding hydrogens is 537 g/mol. The number of likely N-dealkylation sites (tertiary alicyclic amines) is 2. The Morgan fingerprint density at radius 1 is 1.05 bits per heavy atom. The molecule has 1 aromatic carbocycles. The molecule has 4 rings (SSSR count). The fraction of sp³-hybridized carbons (Fsp3) is 0.692. The second-order valence-electron chi connectivity index (χ2n) is 9.98. The minimum atomic E-state index is -0.599. The van der Waals surface area contributed by atoms with Crippen LogP contribution >= 0.6 is 37.2 Å². The van der Waals surface area contributed by atoms with Crippen molar-refractivity contribution in [2.24, 2.45) is 11.1 Å². The molecule has 0 bridgehead atoms. The van der Waals surface area contributed by atoms with E-state index in [1.54, 1.807) is 0 Å². The first-order valence-electron chi connectivity index (χ1n) is 12.9. The summed E-state index contributed by atoms with van der Waals surface area (Å²) < 4.78 is 11.8. The molecule has 37 heavy (non-hydrogen) atoms. The lowest BCUT2D eigenvalue weighted by molar-refractivity contribution is -0.161. The van der Waals surface area contributed by atoms with Gasteiger partial charge in [0.2, 0.25) is 0 Å². The second-order valence-corrected chi connectivity index (χ2v) is 9.98. The third kappa shape index (κ3) is 8.02. The van der Waals surface area contributed by atoms with Crippen LogP contribution in [0, 0.1) is 10.8 Å². The number of nitrogens with two attached hydrogens (primary N) is 1. The molecule has 0 amide bonds. The fourth-order valence-electron chi connectivity index (χ4n) is 5.66. The number of piperidine rings is 2. The van der Waals surface area contributed by atoms with Gasteiger partial charge in [-0.25, -0.2) is 0 Å². The first-order valence-corrected chi connectivity index (χ1v) is 12.9. The van der Waals surface area contributed by atoms with E-state index in [1.807, 2.05) is 24.0 Å². The summed E-state index contributed by atoms with van der Waals surface area (Å²) in [6.45, 7) is 11.5. The minimum absolute atomic E-state index is 0. The Balaban J connectivity index is 0.00000228. The number of esters is 1. The Bertz CT molecular complexity index is 875. The zero-order valence-corrected chi connectivity index (χ0v) is 24.5. The number of halogens is 3. The van der Waals surface area contributed by atoms with Gasteiger partial charge in [0.05, 0.1) is 6.61 Å². The molecule has 1 aromatic rings. The van der Waals surface area contributed by atoms with E-state index in [1.165, 1.54) is 31.5 Å². The summed E-state index contributed by atoms with van der Waals surface area (Å²) in [7, 11) is 0. The summed E-state index contributed by atoms with van der Waals surface area (Å²) in [5, 5.41) is 7.74. The molecule has 3 aliphatic heterocycles. The topological polar surface area (TPSA) is 95.1 Å². The maximum atomic E-state index is 13.1. The molecular formula is C26H44Cl3N5O3. The molecule has 0 aliphatic carbocycles. The van der Waals surface area contributed by atoms with Crippen LogP contribution in [0.2, 0.25) is 0 Å². The van der Waals surface area contributed by atoms with Gasteiger partial charge in [-0.1, -0.05) is 13.0 Å². The highest BCUT2D eigenvalue weighted by Crippen LogP contribution is 2.36. The van der Waals surface area contributed by atoms with Gasteiger partial charge in [0, 0.05) is 19.1 Å². The number of rotatable bonds is 7. The van der Waals surface area contributed by atoms with Crippen LogP contribution in [0.4, 0.5) is 0 Å². The number of nitrogens with one attached hydrogen (secondary N) is 1. The minimum Gasteiger partial charge on any atom is -0.492 e. The summed E-state index contributed by atoms with van der Waals surface area (Å²) in [6, 6.07) is 6.76. The number of ether oxygens (including phenoxy) is 2. The third-order valence-electron chi connectivity index (χ3n) is 8.03. The number of guanidine groups is 1. The van der Waals surface area contributed by atoms with E-state index in [4.69, 9.17) is 20.6 Å². The summed E-state index contributed by atoms with van der Waals surface area (Å²) in [5.41, 5.74) is 7.50. The number of fused-ring (bicyclic) bond motifs is 1. The average Bonchev–Trinajstić information content (AvgIpc) is 2.87. The van der Waals surface area contributed by atoms with E-state index in [9.17, 15) is 4.79 Å². The lowest BCUT2D eigenvalue weighted by Gasteiger charge is -2.44. The SMILES string of the molecule is CCOC(=O)C1(COc2ccc3c(c2)CN(C(=N)N)CC3)CCN(C2CCN(CC)CC2)CC1.Cl.Cl.Cl. The summed E-state index contributed by atoms with van der Waals surface area (Å²) in [6.07, 6.45) is 4.83. The maximum absolute atomic E-state index is 13.1. The number of hydrogen-bond acceptors (Lipinski definition) is 6. The molecule has 0 atom stereocenters. The van der Waals surface area contributed by atoms with E-state index < -0.39 is 5.41 Å². The summed E-state index contributed by atoms with van der Waals surface area (Å²) in [4.78, 5) is 20.1. The van der Waals surface area contributed by atoms with Gasteiger partial charge in [0.1, 0.15) is 17.8 Å². The van der Waals surface area contributed by atoms with Crippen molar-refractivity contribution in [3.63, 3.8) is 0 Å². The Morgan fingerprint density at radius 2 is 1.73 bits per heavy atom. The zero-order chi connectivity index (χ0) is 24.1. The molecule has 3 heterocycles. The summed E-state index contributed by atoms with van der Waals surface area (Å²) in [5.74, 6) is 0.740. The van der Waals surface area contributed by atoms with Crippen molar-refractivity contribution in [1.29, 1.82) is 5.41 Å². The predicted molar refractivity (Wildman–Crippen MR) is 155 cm³/mol. The quantitative estimate of drug-likeness (QED) is 0.288. The van der Waals surface area contributed by atoms with Gasteiger partial charge >= 0.3 is 5.97 Å². The van der Waals surface area contributed by atoms with Crippen LogP contribution in [0.25, 0.3) is 0 Å². The average molecular weight is 581 g/mol. The number of benzene rings is 1. The fourth-order valence-corrected chi connectivity index (χ4v) is 5.66. The van der Waals surface area contributed by atoms with Crippen LogP contribution in [0.15, 0.2) is 18.2 Å². The summed E-state index contributed by atoms with van der Waals surface area (Å²) >= 11 is 0. The molecule has 3 aliphatic rings. The lowest BCUT2D eigenvalue weighted by Crippen LogP contribution is -2.53. The second kappa shape index (κ2) is 15.2. The predicted octanol–water partition coefficient (Wildman–Crippen LogP) is 3.71. The van der Waals surface area contributed by atoms with Crippen molar-refractivity contribution >= 4 is 49.1 Å². The Labute approximate surface area is 240 Å². The van der Waals surface area contributed by atoms with Crippen molar-refractivity contribution in [1.82, 2.24) is 14.7 Å². The smallest absolute Gasteiger partial charge is 0.315 e. The number of carbonyl (C=O) groups excluding carboxylic acids is 1. The maximum Gasteiger partial charge on any atom is 0.315 e. The molecule has 2 fully saturated rings. The Hall–Kier alpha value is -1.45. The first kappa shape index (κ1) is 33.6. The van der Waals surface area contributed by atoms with E-state index >= 15 is 0 Å². The molecule has 0 spiro atoms. The van der Waals surface area contributed by atoms with Gasteiger partial charge < -0.3 is 29.9 Å². The molecule has 8 nitrogen and oxygen atoms in total. The van der Waals surface area contributed by atoms with Crippen molar-refractivity contribution in [3.05, 3.63) is 29.3 Å². The third-order valence-corrected chi connectivity index (χ3v) is 8.03.